The number of carbonyl (C=O) groups excluding carboxylic acids is 1. The summed E-state index contributed by atoms with van der Waals surface area (Å²) in [5.41, 5.74) is 2.79. The summed E-state index contributed by atoms with van der Waals surface area (Å²) in [6.07, 6.45) is 0.331. The topological polar surface area (TPSA) is 51.2 Å². The minimum absolute atomic E-state index is 0.0663. The number of carbonyl (C=O) groups is 1. The molecule has 1 N–H and O–H groups in total. The maximum atomic E-state index is 12.4. The predicted molar refractivity (Wildman–Crippen MR) is 129 cm³/mol. The van der Waals surface area contributed by atoms with E-state index in [2.05, 4.69) is 29.4 Å². The van der Waals surface area contributed by atoms with Gasteiger partial charge in [-0.05, 0) is 59.8 Å². The van der Waals surface area contributed by atoms with Gasteiger partial charge in [0.1, 0.15) is 11.5 Å². The van der Waals surface area contributed by atoms with E-state index in [9.17, 15) is 4.79 Å². The lowest BCUT2D eigenvalue weighted by molar-refractivity contribution is -0.115. The van der Waals surface area contributed by atoms with Crippen molar-refractivity contribution < 1.29 is 9.53 Å². The van der Waals surface area contributed by atoms with Crippen LogP contribution in [0.1, 0.15) is 12.5 Å². The first-order chi connectivity index (χ1) is 15.2. The van der Waals surface area contributed by atoms with Gasteiger partial charge in [-0.15, -0.1) is 23.1 Å². The zero-order chi connectivity index (χ0) is 21.5. The van der Waals surface area contributed by atoms with Gasteiger partial charge < -0.3 is 10.1 Å². The van der Waals surface area contributed by atoms with Crippen LogP contribution in [0.15, 0.2) is 89.1 Å². The predicted octanol–water partition coefficient (Wildman–Crippen LogP) is 6.90. The van der Waals surface area contributed by atoms with Gasteiger partial charge in [-0.25, -0.2) is 4.98 Å². The molecule has 6 heteroatoms. The lowest BCUT2D eigenvalue weighted by atomic mass is 10.1. The summed E-state index contributed by atoms with van der Waals surface area (Å²) >= 11 is 3.21. The van der Waals surface area contributed by atoms with Crippen molar-refractivity contribution >= 4 is 34.1 Å². The van der Waals surface area contributed by atoms with Crippen molar-refractivity contribution in [2.24, 2.45) is 0 Å². The van der Waals surface area contributed by atoms with Gasteiger partial charge in [0.2, 0.25) is 5.91 Å². The van der Waals surface area contributed by atoms with E-state index in [1.54, 1.807) is 11.8 Å². The monoisotopic (exact) mass is 446 g/mol. The first-order valence-corrected chi connectivity index (χ1v) is 11.9. The second-order valence-electron chi connectivity index (χ2n) is 6.78. The molecule has 1 aromatic heterocycles. The van der Waals surface area contributed by atoms with Crippen molar-refractivity contribution in [3.63, 3.8) is 0 Å². The molecule has 0 radical (unpaired) electrons. The van der Waals surface area contributed by atoms with Crippen molar-refractivity contribution in [1.29, 1.82) is 0 Å². The average Bonchev–Trinajstić information content (AvgIpc) is 3.25. The summed E-state index contributed by atoms with van der Waals surface area (Å²) in [7, 11) is 0. The molecule has 0 saturated heterocycles. The highest BCUT2D eigenvalue weighted by Crippen LogP contribution is 2.28. The number of hydrogen-bond donors (Lipinski definition) is 1. The molecule has 31 heavy (non-hydrogen) atoms. The summed E-state index contributed by atoms with van der Waals surface area (Å²) in [6.45, 7) is 2.13. The summed E-state index contributed by atoms with van der Waals surface area (Å²) in [4.78, 5) is 18.2. The van der Waals surface area contributed by atoms with Crippen LogP contribution in [-0.2, 0) is 11.2 Å². The number of nitrogens with one attached hydrogen (secondary N) is 1. The number of thiazole rings is 1. The van der Waals surface area contributed by atoms with Crippen molar-refractivity contribution in [3.05, 3.63) is 89.8 Å². The zero-order valence-corrected chi connectivity index (χ0v) is 18.7. The zero-order valence-electron chi connectivity index (χ0n) is 17.1. The maximum absolute atomic E-state index is 12.4. The van der Waals surface area contributed by atoms with Gasteiger partial charge in [-0.3, -0.25) is 4.79 Å². The fraction of sp³-hybridized carbons (Fsp3) is 0.120. The van der Waals surface area contributed by atoms with Crippen LogP contribution < -0.4 is 10.1 Å². The van der Waals surface area contributed by atoms with E-state index in [1.807, 2.05) is 72.1 Å². The molecule has 0 aliphatic carbocycles. The van der Waals surface area contributed by atoms with Gasteiger partial charge >= 0.3 is 0 Å². The lowest BCUT2D eigenvalue weighted by Gasteiger charge is -2.06. The van der Waals surface area contributed by atoms with Crippen LogP contribution in [0.5, 0.6) is 11.5 Å². The Morgan fingerprint density at radius 3 is 2.39 bits per heavy atom. The largest absolute Gasteiger partial charge is 0.457 e. The summed E-state index contributed by atoms with van der Waals surface area (Å²) < 4.78 is 5.83. The highest BCUT2D eigenvalue weighted by Gasteiger charge is 2.09. The Hall–Kier alpha value is -3.09. The third-order valence-electron chi connectivity index (χ3n) is 4.48. The molecule has 0 spiro atoms. The number of para-hydroxylation sites is 1. The van der Waals surface area contributed by atoms with Gasteiger partial charge in [0, 0.05) is 15.8 Å². The second-order valence-corrected chi connectivity index (χ2v) is 8.97. The number of hydrogen-bond acceptors (Lipinski definition) is 5. The van der Waals surface area contributed by atoms with E-state index in [0.29, 0.717) is 11.6 Å². The molecule has 1 amide bonds. The average molecular weight is 447 g/mol. The first-order valence-electron chi connectivity index (χ1n) is 10.00. The van der Waals surface area contributed by atoms with Crippen molar-refractivity contribution in [2.75, 3.05) is 11.1 Å². The van der Waals surface area contributed by atoms with E-state index < -0.39 is 0 Å². The third-order valence-corrected chi connectivity index (χ3v) is 6.13. The molecule has 4 rings (SSSR count). The van der Waals surface area contributed by atoms with Crippen molar-refractivity contribution in [1.82, 2.24) is 4.98 Å². The number of thioether (sulfide) groups is 1. The Morgan fingerprint density at radius 1 is 0.968 bits per heavy atom. The van der Waals surface area contributed by atoms with E-state index in [4.69, 9.17) is 4.74 Å². The van der Waals surface area contributed by atoms with Gasteiger partial charge in [0.15, 0.2) is 5.13 Å². The Balaban J connectivity index is 1.34. The summed E-state index contributed by atoms with van der Waals surface area (Å²) in [6, 6.07) is 25.6. The quantitative estimate of drug-likeness (QED) is 0.299. The molecule has 0 saturated carbocycles. The third kappa shape index (κ3) is 5.96. The number of benzene rings is 3. The molecule has 0 aliphatic heterocycles. The maximum Gasteiger partial charge on any atom is 0.230 e. The minimum Gasteiger partial charge on any atom is -0.457 e. The molecular formula is C25H22N2O2S2. The Morgan fingerprint density at radius 2 is 1.68 bits per heavy atom. The van der Waals surface area contributed by atoms with Crippen LogP contribution in [0.3, 0.4) is 0 Å². The number of nitrogens with zero attached hydrogens (tertiary/aromatic N) is 1. The van der Waals surface area contributed by atoms with Crippen LogP contribution in [0.4, 0.5) is 5.13 Å². The molecule has 1 heterocycles. The fourth-order valence-corrected chi connectivity index (χ4v) is 4.40. The lowest BCUT2D eigenvalue weighted by Crippen LogP contribution is -2.14. The summed E-state index contributed by atoms with van der Waals surface area (Å²) in [5, 5.41) is 5.45. The number of ether oxygens (including phenoxy) is 1. The smallest absolute Gasteiger partial charge is 0.230 e. The Labute approximate surface area is 190 Å². The first kappa shape index (κ1) is 21.2. The number of aromatic nitrogens is 1. The molecule has 156 valence electrons. The molecule has 0 bridgehead atoms. The molecule has 4 aromatic rings. The van der Waals surface area contributed by atoms with Crippen molar-refractivity contribution in [2.45, 2.75) is 18.2 Å². The molecular weight excluding hydrogens is 424 g/mol. The molecule has 0 aliphatic rings. The van der Waals surface area contributed by atoms with Crippen LogP contribution in [0.25, 0.3) is 11.3 Å². The fourth-order valence-electron chi connectivity index (χ4n) is 3.00. The number of amides is 1. The normalized spacial score (nSPS) is 10.6. The highest BCUT2D eigenvalue weighted by molar-refractivity contribution is 7.99. The van der Waals surface area contributed by atoms with Crippen LogP contribution >= 0.6 is 23.1 Å². The Bertz CT molecular complexity index is 1120. The van der Waals surface area contributed by atoms with Gasteiger partial charge in [0.05, 0.1) is 12.1 Å². The molecule has 3 aromatic carbocycles. The number of anilines is 1. The molecule has 0 atom stereocenters. The molecule has 0 unspecified atom stereocenters. The molecule has 0 fully saturated rings. The van der Waals surface area contributed by atoms with E-state index in [-0.39, 0.29) is 5.91 Å². The summed E-state index contributed by atoms with van der Waals surface area (Å²) in [5.74, 6) is 2.53. The second kappa shape index (κ2) is 10.3. The van der Waals surface area contributed by atoms with E-state index in [0.717, 1.165) is 34.1 Å². The van der Waals surface area contributed by atoms with Crippen molar-refractivity contribution in [3.8, 4) is 22.8 Å². The SMILES string of the molecule is CCSc1ccc(CC(=O)Nc2nc(-c3ccc(Oc4ccccc4)cc3)cs2)cc1. The van der Waals surface area contributed by atoms with Crippen LogP contribution in [-0.4, -0.2) is 16.6 Å². The standard InChI is InChI=1S/C25H22N2O2S2/c1-2-30-22-14-8-18(9-15-22)16-24(28)27-25-26-23(17-31-25)19-10-12-21(13-11-19)29-20-6-4-3-5-7-20/h3-15,17H,2,16H2,1H3,(H,26,27,28). The van der Waals surface area contributed by atoms with Crippen LogP contribution in [0, 0.1) is 0 Å². The number of rotatable bonds is 8. The van der Waals surface area contributed by atoms with Gasteiger partial charge in [-0.1, -0.05) is 37.3 Å². The molecule has 4 nitrogen and oxygen atoms in total. The van der Waals surface area contributed by atoms with E-state index in [1.165, 1.54) is 16.2 Å². The minimum atomic E-state index is -0.0663. The van der Waals surface area contributed by atoms with E-state index >= 15 is 0 Å². The van der Waals surface area contributed by atoms with Gasteiger partial charge in [0.25, 0.3) is 0 Å². The Kier molecular flexibility index (Phi) is 7.02. The highest BCUT2D eigenvalue weighted by atomic mass is 32.2. The van der Waals surface area contributed by atoms with Gasteiger partial charge in [-0.2, -0.15) is 0 Å². The van der Waals surface area contributed by atoms with Crippen LogP contribution in [0.2, 0.25) is 0 Å².